The van der Waals surface area contributed by atoms with Gasteiger partial charge in [-0.25, -0.2) is 0 Å². The van der Waals surface area contributed by atoms with E-state index in [4.69, 9.17) is 4.42 Å². The fourth-order valence-electron chi connectivity index (χ4n) is 3.22. The van der Waals surface area contributed by atoms with Gasteiger partial charge in [0.25, 0.3) is 11.5 Å². The fraction of sp³-hybridized carbons (Fsp3) is 0.444. The van der Waals surface area contributed by atoms with Gasteiger partial charge < -0.3 is 19.4 Å². The number of carbonyl (C=O) groups excluding carboxylic acids is 1. The van der Waals surface area contributed by atoms with Crippen molar-refractivity contribution in [1.82, 2.24) is 14.8 Å². The van der Waals surface area contributed by atoms with E-state index in [-0.39, 0.29) is 29.7 Å². The molecule has 7 heteroatoms. The van der Waals surface area contributed by atoms with Gasteiger partial charge >= 0.3 is 0 Å². The number of pyridine rings is 1. The summed E-state index contributed by atoms with van der Waals surface area (Å²) in [6.07, 6.45) is 2.20. The molecule has 25 heavy (non-hydrogen) atoms. The minimum absolute atomic E-state index is 0.0253. The number of aromatic amines is 1. The van der Waals surface area contributed by atoms with Crippen LogP contribution in [0.25, 0.3) is 0 Å². The van der Waals surface area contributed by atoms with Crippen LogP contribution in [0.4, 0.5) is 0 Å². The number of nitrogens with one attached hydrogen (secondary N) is 1. The van der Waals surface area contributed by atoms with Crippen molar-refractivity contribution < 1.29 is 14.3 Å². The highest BCUT2D eigenvalue weighted by atomic mass is 16.3. The van der Waals surface area contributed by atoms with Crippen molar-refractivity contribution in [1.29, 1.82) is 0 Å². The molecule has 2 aromatic heterocycles. The largest absolute Gasteiger partial charge is 0.468 e. The van der Waals surface area contributed by atoms with Gasteiger partial charge in [0, 0.05) is 38.0 Å². The molecule has 0 bridgehead atoms. The zero-order valence-electron chi connectivity index (χ0n) is 14.3. The number of rotatable bonds is 5. The second-order valence-corrected chi connectivity index (χ2v) is 6.35. The number of carbonyl (C=O) groups is 1. The number of nitrogens with zero attached hydrogens (tertiary/aromatic N) is 2. The van der Waals surface area contributed by atoms with Gasteiger partial charge in [-0.1, -0.05) is 0 Å². The molecule has 1 aliphatic rings. The van der Waals surface area contributed by atoms with Gasteiger partial charge in [0.1, 0.15) is 11.3 Å². The first-order valence-electron chi connectivity index (χ1n) is 8.45. The van der Waals surface area contributed by atoms with Gasteiger partial charge in [-0.15, -0.1) is 0 Å². The average molecular weight is 345 g/mol. The molecular formula is C18H23N3O4. The van der Waals surface area contributed by atoms with E-state index in [2.05, 4.69) is 9.88 Å². The fourth-order valence-corrected chi connectivity index (χ4v) is 3.22. The van der Waals surface area contributed by atoms with E-state index in [0.29, 0.717) is 32.6 Å². The minimum atomic E-state index is -0.360. The van der Waals surface area contributed by atoms with Gasteiger partial charge in [0.15, 0.2) is 0 Å². The monoisotopic (exact) mass is 345 g/mol. The molecule has 2 aromatic rings. The number of aromatic nitrogens is 1. The molecule has 1 saturated heterocycles. The molecule has 3 heterocycles. The van der Waals surface area contributed by atoms with Crippen LogP contribution in [-0.2, 0) is 6.54 Å². The molecule has 1 atom stereocenters. The second-order valence-electron chi connectivity index (χ2n) is 6.35. The van der Waals surface area contributed by atoms with Crippen LogP contribution in [0.1, 0.15) is 28.2 Å². The van der Waals surface area contributed by atoms with Crippen molar-refractivity contribution in [3.63, 3.8) is 0 Å². The summed E-state index contributed by atoms with van der Waals surface area (Å²) in [5.41, 5.74) is 0.525. The molecular weight excluding hydrogens is 322 g/mol. The van der Waals surface area contributed by atoms with E-state index in [1.807, 2.05) is 12.1 Å². The molecule has 0 aliphatic carbocycles. The van der Waals surface area contributed by atoms with Crippen molar-refractivity contribution in [2.24, 2.45) is 0 Å². The summed E-state index contributed by atoms with van der Waals surface area (Å²) < 4.78 is 5.40. The van der Waals surface area contributed by atoms with Crippen LogP contribution in [0.3, 0.4) is 0 Å². The van der Waals surface area contributed by atoms with E-state index in [1.54, 1.807) is 30.2 Å². The van der Waals surface area contributed by atoms with Gasteiger partial charge in [-0.3, -0.25) is 14.5 Å². The van der Waals surface area contributed by atoms with Crippen molar-refractivity contribution in [3.05, 3.63) is 57.9 Å². The molecule has 0 saturated carbocycles. The lowest BCUT2D eigenvalue weighted by Gasteiger charge is -2.41. The Labute approximate surface area is 145 Å². The summed E-state index contributed by atoms with van der Waals surface area (Å²) in [6, 6.07) is 7.09. The Bertz CT molecular complexity index is 769. The molecule has 0 unspecified atom stereocenters. The lowest BCUT2D eigenvalue weighted by atomic mass is 10.1. The Morgan fingerprint density at radius 2 is 2.20 bits per heavy atom. The Morgan fingerprint density at radius 3 is 2.88 bits per heavy atom. The highest BCUT2D eigenvalue weighted by molar-refractivity contribution is 5.93. The maximum absolute atomic E-state index is 12.7. The number of aliphatic hydroxyl groups is 1. The van der Waals surface area contributed by atoms with Gasteiger partial charge in [0.2, 0.25) is 0 Å². The number of amides is 1. The summed E-state index contributed by atoms with van der Waals surface area (Å²) in [7, 11) is 0. The smallest absolute Gasteiger partial charge is 0.260 e. The molecule has 2 N–H and O–H groups in total. The zero-order chi connectivity index (χ0) is 17.8. The van der Waals surface area contributed by atoms with Crippen molar-refractivity contribution in [2.45, 2.75) is 25.9 Å². The molecule has 1 fully saturated rings. The van der Waals surface area contributed by atoms with Crippen molar-refractivity contribution >= 4 is 5.91 Å². The van der Waals surface area contributed by atoms with Crippen LogP contribution >= 0.6 is 0 Å². The summed E-state index contributed by atoms with van der Waals surface area (Å²) in [5, 5.41) is 9.37. The number of aliphatic hydroxyl groups excluding tert-OH is 1. The third kappa shape index (κ3) is 4.00. The Hall–Kier alpha value is -2.38. The highest BCUT2D eigenvalue weighted by Gasteiger charge is 2.30. The van der Waals surface area contributed by atoms with Crippen LogP contribution in [0, 0.1) is 6.92 Å². The van der Waals surface area contributed by atoms with Crippen LogP contribution in [0.15, 0.2) is 39.7 Å². The number of hydrogen-bond acceptors (Lipinski definition) is 5. The average Bonchev–Trinajstić information content (AvgIpc) is 3.09. The summed E-state index contributed by atoms with van der Waals surface area (Å²) in [5.74, 6) is 0.597. The predicted molar refractivity (Wildman–Crippen MR) is 92.3 cm³/mol. The third-order valence-corrected chi connectivity index (χ3v) is 4.58. The summed E-state index contributed by atoms with van der Waals surface area (Å²) >= 11 is 0. The van der Waals surface area contributed by atoms with E-state index in [0.717, 1.165) is 11.5 Å². The minimum Gasteiger partial charge on any atom is -0.468 e. The maximum Gasteiger partial charge on any atom is 0.260 e. The predicted octanol–water partition coefficient (Wildman–Crippen LogP) is 0.985. The first kappa shape index (κ1) is 17.4. The van der Waals surface area contributed by atoms with Gasteiger partial charge in [-0.2, -0.15) is 0 Å². The van der Waals surface area contributed by atoms with Crippen LogP contribution < -0.4 is 5.56 Å². The lowest BCUT2D eigenvalue weighted by Crippen LogP contribution is -2.55. The van der Waals surface area contributed by atoms with E-state index >= 15 is 0 Å². The molecule has 0 radical (unpaired) electrons. The summed E-state index contributed by atoms with van der Waals surface area (Å²) in [4.78, 5) is 31.3. The van der Waals surface area contributed by atoms with E-state index < -0.39 is 0 Å². The standard InChI is InChI=1S/C18H23N3O4/c1-13-4-5-16(17(23)19-13)18(24)21-8-7-20(14(11-21)6-9-22)12-15-3-2-10-25-15/h2-5,10,14,22H,6-9,11-12H2,1H3,(H,19,23)/t14-/m1/s1. The quantitative estimate of drug-likeness (QED) is 0.843. The topological polar surface area (TPSA) is 89.8 Å². The maximum atomic E-state index is 12.7. The first-order valence-corrected chi connectivity index (χ1v) is 8.45. The molecule has 1 aliphatic heterocycles. The van der Waals surface area contributed by atoms with Crippen molar-refractivity contribution in [3.8, 4) is 0 Å². The van der Waals surface area contributed by atoms with E-state index in [9.17, 15) is 14.7 Å². The Balaban J connectivity index is 1.72. The second kappa shape index (κ2) is 7.67. The number of H-pyrrole nitrogens is 1. The molecule has 1 amide bonds. The molecule has 3 rings (SSSR count). The SMILES string of the molecule is Cc1ccc(C(=O)N2CCN(Cc3ccco3)[C@H](CCO)C2)c(=O)[nH]1. The molecule has 0 aromatic carbocycles. The van der Waals surface area contributed by atoms with Crippen LogP contribution in [0.5, 0.6) is 0 Å². The van der Waals surface area contributed by atoms with E-state index in [1.165, 1.54) is 0 Å². The third-order valence-electron chi connectivity index (χ3n) is 4.58. The number of piperazine rings is 1. The van der Waals surface area contributed by atoms with Gasteiger partial charge in [-0.05, 0) is 37.6 Å². The highest BCUT2D eigenvalue weighted by Crippen LogP contribution is 2.18. The number of aryl methyl sites for hydroxylation is 1. The lowest BCUT2D eigenvalue weighted by molar-refractivity contribution is 0.0372. The van der Waals surface area contributed by atoms with Gasteiger partial charge in [0.05, 0.1) is 12.8 Å². The number of hydrogen-bond donors (Lipinski definition) is 2. The first-order chi connectivity index (χ1) is 12.1. The number of furan rings is 1. The Morgan fingerprint density at radius 1 is 1.36 bits per heavy atom. The van der Waals surface area contributed by atoms with Crippen LogP contribution in [0.2, 0.25) is 0 Å². The zero-order valence-corrected chi connectivity index (χ0v) is 14.3. The molecule has 134 valence electrons. The van der Waals surface area contributed by atoms with Crippen LogP contribution in [-0.4, -0.2) is 58.1 Å². The molecule has 7 nitrogen and oxygen atoms in total. The summed E-state index contributed by atoms with van der Waals surface area (Å²) in [6.45, 7) is 4.15. The normalized spacial score (nSPS) is 18.5. The Kier molecular flexibility index (Phi) is 5.35. The van der Waals surface area contributed by atoms with Crippen molar-refractivity contribution in [2.75, 3.05) is 26.2 Å². The molecule has 0 spiro atoms.